The van der Waals surface area contributed by atoms with Gasteiger partial charge in [-0.15, -0.1) is 11.3 Å². The molecule has 0 saturated heterocycles. The number of sulfonamides is 1. The molecule has 1 aromatic carbocycles. The van der Waals surface area contributed by atoms with Crippen molar-refractivity contribution in [3.8, 4) is 33.8 Å². The first kappa shape index (κ1) is 25.1. The van der Waals surface area contributed by atoms with Crippen molar-refractivity contribution in [2.45, 2.75) is 37.0 Å². The Kier molecular flexibility index (Phi) is 8.37. The van der Waals surface area contributed by atoms with Crippen molar-refractivity contribution in [1.29, 1.82) is 0 Å². The Balaban J connectivity index is 1.94. The molecular formula is C23H27NO7S2. The molecule has 1 fully saturated rings. The molecule has 1 saturated carbocycles. The van der Waals surface area contributed by atoms with Gasteiger partial charge in [0.1, 0.15) is 18.1 Å². The second kappa shape index (κ2) is 11.0. The highest BCUT2D eigenvalue weighted by molar-refractivity contribution is 7.90. The van der Waals surface area contributed by atoms with E-state index < -0.39 is 21.2 Å². The normalized spacial score (nSPS) is 18.2. The minimum absolute atomic E-state index is 0.0763. The molecule has 0 unspecified atom stereocenters. The number of carbonyl (C=O) groups is 1. The molecule has 33 heavy (non-hydrogen) atoms. The Bertz CT molecular complexity index is 1160. The van der Waals surface area contributed by atoms with Crippen LogP contribution in [0.15, 0.2) is 24.3 Å². The summed E-state index contributed by atoms with van der Waals surface area (Å²) in [5, 5.41) is 8.20. The number of hydrogen-bond donors (Lipinski definition) is 2. The van der Waals surface area contributed by atoms with Crippen molar-refractivity contribution < 1.29 is 32.5 Å². The predicted octanol–water partition coefficient (Wildman–Crippen LogP) is 2.79. The Morgan fingerprint density at radius 2 is 1.94 bits per heavy atom. The lowest BCUT2D eigenvalue weighted by Gasteiger charge is -2.28. The van der Waals surface area contributed by atoms with Crippen LogP contribution in [0.4, 0.5) is 0 Å². The first-order valence-electron chi connectivity index (χ1n) is 10.4. The minimum Gasteiger partial charge on any atom is -0.496 e. The van der Waals surface area contributed by atoms with Crippen molar-refractivity contribution in [3.63, 3.8) is 0 Å². The number of aliphatic hydroxyl groups excluding tert-OH is 1. The zero-order valence-corrected chi connectivity index (χ0v) is 20.3. The van der Waals surface area contributed by atoms with E-state index in [0.717, 1.165) is 16.2 Å². The van der Waals surface area contributed by atoms with Gasteiger partial charge in [-0.2, -0.15) is 0 Å². The summed E-state index contributed by atoms with van der Waals surface area (Å²) >= 11 is 1.36. The van der Waals surface area contributed by atoms with Crippen LogP contribution in [0.5, 0.6) is 11.5 Å². The van der Waals surface area contributed by atoms with Gasteiger partial charge >= 0.3 is 0 Å². The van der Waals surface area contributed by atoms with Gasteiger partial charge in [-0.05, 0) is 43.9 Å². The average Bonchev–Trinajstić information content (AvgIpc) is 3.30. The summed E-state index contributed by atoms with van der Waals surface area (Å²) < 4.78 is 44.2. The maximum Gasteiger partial charge on any atom is 0.268 e. The Morgan fingerprint density at radius 1 is 1.18 bits per heavy atom. The number of aliphatic hydroxyl groups is 1. The van der Waals surface area contributed by atoms with E-state index in [0.29, 0.717) is 30.6 Å². The molecule has 1 aliphatic carbocycles. The van der Waals surface area contributed by atoms with Crippen molar-refractivity contribution in [3.05, 3.63) is 34.7 Å². The summed E-state index contributed by atoms with van der Waals surface area (Å²) in [5.41, 5.74) is 0.673. The van der Waals surface area contributed by atoms with Gasteiger partial charge < -0.3 is 19.3 Å². The van der Waals surface area contributed by atoms with E-state index in [9.17, 15) is 13.2 Å². The van der Waals surface area contributed by atoms with Gasteiger partial charge in [0.2, 0.25) is 10.0 Å². The number of amides is 1. The van der Waals surface area contributed by atoms with E-state index in [1.807, 2.05) is 6.07 Å². The fourth-order valence-corrected chi connectivity index (χ4v) is 6.19. The molecule has 0 radical (unpaired) electrons. The van der Waals surface area contributed by atoms with E-state index in [1.54, 1.807) is 25.3 Å². The molecule has 1 aliphatic rings. The third-order valence-electron chi connectivity index (χ3n) is 5.51. The number of thiophene rings is 1. The van der Waals surface area contributed by atoms with Crippen LogP contribution in [0.25, 0.3) is 10.4 Å². The van der Waals surface area contributed by atoms with Crippen LogP contribution in [0, 0.1) is 11.8 Å². The summed E-state index contributed by atoms with van der Waals surface area (Å²) in [4.78, 5) is 14.6. The molecule has 2 atom stereocenters. The van der Waals surface area contributed by atoms with Crippen LogP contribution in [0.1, 0.15) is 40.9 Å². The molecule has 0 bridgehead atoms. The van der Waals surface area contributed by atoms with E-state index in [-0.39, 0.29) is 24.0 Å². The third kappa shape index (κ3) is 5.86. The zero-order chi connectivity index (χ0) is 24.0. The van der Waals surface area contributed by atoms with E-state index in [1.165, 1.54) is 25.6 Å². The molecule has 3 rings (SSSR count). The molecule has 10 heteroatoms. The average molecular weight is 494 g/mol. The number of carbonyl (C=O) groups excluding carboxylic acids is 1. The molecule has 1 heterocycles. The summed E-state index contributed by atoms with van der Waals surface area (Å²) in [5.74, 6) is 5.32. The zero-order valence-electron chi connectivity index (χ0n) is 18.7. The fraction of sp³-hybridized carbons (Fsp3) is 0.435. The van der Waals surface area contributed by atoms with Crippen LogP contribution in [0.2, 0.25) is 0 Å². The highest BCUT2D eigenvalue weighted by Crippen LogP contribution is 2.39. The lowest BCUT2D eigenvalue weighted by molar-refractivity contribution is 0.0717. The topological polar surface area (TPSA) is 111 Å². The van der Waals surface area contributed by atoms with Gasteiger partial charge in [0, 0.05) is 23.6 Å². The number of nitrogens with one attached hydrogen (secondary N) is 1. The SMILES string of the molecule is COc1cc(OC)c(-c2ccc(C#CCO)s2)cc1C(=O)NS(=O)(=O)[C@@H]1CCC[C@@H](OC)C1. The molecule has 0 spiro atoms. The van der Waals surface area contributed by atoms with Gasteiger partial charge in [0.05, 0.1) is 36.0 Å². The maximum absolute atomic E-state index is 13.1. The number of methoxy groups -OCH3 is 3. The fourth-order valence-electron chi connectivity index (χ4n) is 3.81. The molecule has 1 amide bonds. The first-order valence-corrected chi connectivity index (χ1v) is 12.7. The van der Waals surface area contributed by atoms with Crippen molar-refractivity contribution in [1.82, 2.24) is 4.72 Å². The molecule has 0 aliphatic heterocycles. The largest absolute Gasteiger partial charge is 0.496 e. The quantitative estimate of drug-likeness (QED) is 0.571. The van der Waals surface area contributed by atoms with Gasteiger partial charge in [0.25, 0.3) is 5.91 Å². The van der Waals surface area contributed by atoms with Crippen LogP contribution in [0.3, 0.4) is 0 Å². The first-order chi connectivity index (χ1) is 15.8. The maximum atomic E-state index is 13.1. The molecular weight excluding hydrogens is 466 g/mol. The predicted molar refractivity (Wildman–Crippen MR) is 126 cm³/mol. The van der Waals surface area contributed by atoms with E-state index >= 15 is 0 Å². The van der Waals surface area contributed by atoms with E-state index in [4.69, 9.17) is 19.3 Å². The van der Waals surface area contributed by atoms with Gasteiger partial charge in [-0.3, -0.25) is 4.79 Å². The highest BCUT2D eigenvalue weighted by atomic mass is 32.2. The molecule has 2 aromatic rings. The lowest BCUT2D eigenvalue weighted by atomic mass is 9.97. The van der Waals surface area contributed by atoms with Gasteiger partial charge in [-0.1, -0.05) is 11.8 Å². The lowest BCUT2D eigenvalue weighted by Crippen LogP contribution is -2.42. The summed E-state index contributed by atoms with van der Waals surface area (Å²) in [6.07, 6.45) is 2.20. The van der Waals surface area contributed by atoms with Crippen molar-refractivity contribution >= 4 is 27.3 Å². The second-order valence-corrected chi connectivity index (χ2v) is 10.5. The van der Waals surface area contributed by atoms with Gasteiger partial charge in [-0.25, -0.2) is 13.1 Å². The van der Waals surface area contributed by atoms with Gasteiger partial charge in [0.15, 0.2) is 0 Å². The summed E-state index contributed by atoms with van der Waals surface area (Å²) in [6.45, 7) is -0.246. The second-order valence-electron chi connectivity index (χ2n) is 7.50. The number of benzene rings is 1. The van der Waals surface area contributed by atoms with E-state index in [2.05, 4.69) is 16.6 Å². The number of hydrogen-bond acceptors (Lipinski definition) is 8. The minimum atomic E-state index is -3.90. The highest BCUT2D eigenvalue weighted by Gasteiger charge is 2.34. The number of ether oxygens (including phenoxy) is 3. The summed E-state index contributed by atoms with van der Waals surface area (Å²) in [6, 6.07) is 6.72. The molecule has 1 aromatic heterocycles. The Labute approximate surface area is 197 Å². The third-order valence-corrected chi connectivity index (χ3v) is 8.32. The molecule has 8 nitrogen and oxygen atoms in total. The Hall–Kier alpha value is -2.58. The van der Waals surface area contributed by atoms with Crippen LogP contribution < -0.4 is 14.2 Å². The van der Waals surface area contributed by atoms with Crippen molar-refractivity contribution in [2.75, 3.05) is 27.9 Å². The summed E-state index contributed by atoms with van der Waals surface area (Å²) in [7, 11) is 0.558. The molecule has 178 valence electrons. The smallest absolute Gasteiger partial charge is 0.268 e. The van der Waals surface area contributed by atoms with Crippen molar-refractivity contribution in [2.24, 2.45) is 0 Å². The Morgan fingerprint density at radius 3 is 2.61 bits per heavy atom. The number of rotatable bonds is 7. The van der Waals surface area contributed by atoms with Crippen LogP contribution >= 0.6 is 11.3 Å². The monoisotopic (exact) mass is 493 g/mol. The standard InChI is InChI=1S/C23H27NO7S2/c1-29-15-6-4-8-17(12-15)33(27,28)24-23(26)19-13-18(20(30-2)14-21(19)31-3)22-10-9-16(32-22)7-5-11-25/h9-10,13-15,17,25H,4,6,8,11-12H2,1-3H3,(H,24,26)/t15-,17-/m1/s1. The van der Waals surface area contributed by atoms with Crippen LogP contribution in [-0.4, -0.2) is 58.7 Å². The van der Waals surface area contributed by atoms with Crippen LogP contribution in [-0.2, 0) is 14.8 Å². The molecule has 2 N–H and O–H groups in total.